The van der Waals surface area contributed by atoms with Crippen molar-refractivity contribution in [2.45, 2.75) is 13.8 Å². The van der Waals surface area contributed by atoms with Gasteiger partial charge >= 0.3 is 5.97 Å². The number of H-pyrrole nitrogens is 1. The number of carbonyl (C=O) groups is 2. The van der Waals surface area contributed by atoms with E-state index in [0.29, 0.717) is 18.0 Å². The van der Waals surface area contributed by atoms with Gasteiger partial charge in [-0.05, 0) is 39.1 Å². The number of benzene rings is 1. The molecule has 152 valence electrons. The van der Waals surface area contributed by atoms with E-state index in [9.17, 15) is 9.59 Å². The molecule has 3 rings (SSSR count). The van der Waals surface area contributed by atoms with Crippen LogP contribution in [-0.4, -0.2) is 79.6 Å². The van der Waals surface area contributed by atoms with Gasteiger partial charge in [-0.15, -0.1) is 0 Å². The van der Waals surface area contributed by atoms with E-state index in [2.05, 4.69) is 27.1 Å². The zero-order valence-electron chi connectivity index (χ0n) is 16.7. The molecule has 1 amide bonds. The minimum atomic E-state index is -0.494. The van der Waals surface area contributed by atoms with Crippen LogP contribution in [0.5, 0.6) is 5.75 Å². The van der Waals surface area contributed by atoms with E-state index in [-0.39, 0.29) is 24.8 Å². The maximum absolute atomic E-state index is 12.7. The molecule has 0 spiro atoms. The lowest BCUT2D eigenvalue weighted by molar-refractivity contribution is -0.117. The highest BCUT2D eigenvalue weighted by Crippen LogP contribution is 2.31. The zero-order valence-corrected chi connectivity index (χ0v) is 16.7. The third-order valence-electron chi connectivity index (χ3n) is 4.79. The molecule has 2 N–H and O–H groups in total. The summed E-state index contributed by atoms with van der Waals surface area (Å²) in [5.74, 6) is 0.0309. The highest BCUT2D eigenvalue weighted by Gasteiger charge is 2.23. The molecule has 0 radical (unpaired) electrons. The number of aromatic nitrogens is 1. The Kier molecular flexibility index (Phi) is 6.53. The number of nitrogens with zero attached hydrogens (tertiary/aromatic N) is 2. The van der Waals surface area contributed by atoms with Crippen molar-refractivity contribution < 1.29 is 19.1 Å². The molecule has 2 aromatic rings. The SMILES string of the molecule is CCOC(=O)c1[nH]c2ccc(OCC)cc2c1NC(=O)CN1CCN(C)CC1. The van der Waals surface area contributed by atoms with E-state index in [1.165, 1.54) is 0 Å². The second-order valence-electron chi connectivity index (χ2n) is 6.86. The Morgan fingerprint density at radius 3 is 2.57 bits per heavy atom. The minimum Gasteiger partial charge on any atom is -0.494 e. The average Bonchev–Trinajstić information content (AvgIpc) is 3.02. The fraction of sp³-hybridized carbons (Fsp3) is 0.500. The van der Waals surface area contributed by atoms with Crippen LogP contribution in [0, 0.1) is 0 Å². The predicted octanol–water partition coefficient (Wildman–Crippen LogP) is 1.93. The van der Waals surface area contributed by atoms with Crippen molar-refractivity contribution in [2.75, 3.05) is 58.3 Å². The number of anilines is 1. The molecule has 8 heteroatoms. The van der Waals surface area contributed by atoms with E-state index in [4.69, 9.17) is 9.47 Å². The molecular formula is C20H28N4O4. The summed E-state index contributed by atoms with van der Waals surface area (Å²) in [4.78, 5) is 32.5. The van der Waals surface area contributed by atoms with Gasteiger partial charge < -0.3 is 24.7 Å². The zero-order chi connectivity index (χ0) is 20.1. The molecule has 0 saturated carbocycles. The summed E-state index contributed by atoms with van der Waals surface area (Å²) >= 11 is 0. The molecule has 1 saturated heterocycles. The molecule has 0 unspecified atom stereocenters. The Bertz CT molecular complexity index is 840. The number of piperazine rings is 1. The Morgan fingerprint density at radius 1 is 1.14 bits per heavy atom. The lowest BCUT2D eigenvalue weighted by Gasteiger charge is -2.31. The fourth-order valence-electron chi connectivity index (χ4n) is 3.30. The molecular weight excluding hydrogens is 360 g/mol. The van der Waals surface area contributed by atoms with E-state index in [1.807, 2.05) is 25.1 Å². The first-order valence-corrected chi connectivity index (χ1v) is 9.68. The van der Waals surface area contributed by atoms with Gasteiger partial charge in [0.25, 0.3) is 0 Å². The molecule has 1 aliphatic rings. The molecule has 1 aromatic carbocycles. The lowest BCUT2D eigenvalue weighted by atomic mass is 10.2. The second kappa shape index (κ2) is 9.07. The Hall–Kier alpha value is -2.58. The largest absolute Gasteiger partial charge is 0.494 e. The molecule has 0 aliphatic carbocycles. The van der Waals surface area contributed by atoms with E-state index in [1.54, 1.807) is 6.92 Å². The second-order valence-corrected chi connectivity index (χ2v) is 6.86. The molecule has 8 nitrogen and oxygen atoms in total. The van der Waals surface area contributed by atoms with E-state index < -0.39 is 5.97 Å². The van der Waals surface area contributed by atoms with Crippen molar-refractivity contribution in [1.82, 2.24) is 14.8 Å². The van der Waals surface area contributed by atoms with Crippen LogP contribution in [0.15, 0.2) is 18.2 Å². The third-order valence-corrected chi connectivity index (χ3v) is 4.79. The van der Waals surface area contributed by atoms with E-state index >= 15 is 0 Å². The van der Waals surface area contributed by atoms with Gasteiger partial charge in [-0.2, -0.15) is 0 Å². The standard InChI is InChI=1S/C20H28N4O4/c1-4-27-14-6-7-16-15(12-14)18(19(21-16)20(26)28-5-2)22-17(25)13-24-10-8-23(3)9-11-24/h6-7,12,21H,4-5,8-11,13H2,1-3H3,(H,22,25). The number of carbonyl (C=O) groups excluding carboxylic acids is 2. The predicted molar refractivity (Wildman–Crippen MR) is 108 cm³/mol. The normalized spacial score (nSPS) is 15.5. The first-order chi connectivity index (χ1) is 13.5. The van der Waals surface area contributed by atoms with Crippen LogP contribution in [0.1, 0.15) is 24.3 Å². The van der Waals surface area contributed by atoms with Gasteiger partial charge in [0.05, 0.1) is 25.4 Å². The lowest BCUT2D eigenvalue weighted by Crippen LogP contribution is -2.47. The van der Waals surface area contributed by atoms with Crippen molar-refractivity contribution in [3.63, 3.8) is 0 Å². The monoisotopic (exact) mass is 388 g/mol. The molecule has 0 bridgehead atoms. The van der Waals surface area contributed by atoms with Crippen molar-refractivity contribution in [3.8, 4) is 5.75 Å². The minimum absolute atomic E-state index is 0.155. The Labute approximate surface area is 164 Å². The first-order valence-electron chi connectivity index (χ1n) is 9.68. The van der Waals surface area contributed by atoms with Crippen LogP contribution in [0.25, 0.3) is 10.9 Å². The van der Waals surface area contributed by atoms with Gasteiger partial charge in [0.15, 0.2) is 0 Å². The van der Waals surface area contributed by atoms with Crippen LogP contribution in [0.4, 0.5) is 5.69 Å². The maximum Gasteiger partial charge on any atom is 0.356 e. The Balaban J connectivity index is 1.85. The van der Waals surface area contributed by atoms with Gasteiger partial charge in [0.2, 0.25) is 5.91 Å². The number of aromatic amines is 1. The van der Waals surface area contributed by atoms with Gasteiger partial charge in [0.1, 0.15) is 11.4 Å². The van der Waals surface area contributed by atoms with Crippen molar-refractivity contribution >= 4 is 28.5 Å². The average molecular weight is 388 g/mol. The number of nitrogens with one attached hydrogen (secondary N) is 2. The molecule has 1 fully saturated rings. The Morgan fingerprint density at radius 2 is 1.89 bits per heavy atom. The van der Waals surface area contributed by atoms with Gasteiger partial charge in [-0.1, -0.05) is 0 Å². The summed E-state index contributed by atoms with van der Waals surface area (Å²) in [6.07, 6.45) is 0. The number of likely N-dealkylation sites (N-methyl/N-ethyl adjacent to an activating group) is 1. The molecule has 0 atom stereocenters. The van der Waals surface area contributed by atoms with Gasteiger partial charge in [-0.25, -0.2) is 4.79 Å². The molecule has 2 heterocycles. The first kappa shape index (κ1) is 20.2. The van der Waals surface area contributed by atoms with E-state index in [0.717, 1.165) is 37.1 Å². The van der Waals surface area contributed by atoms with Crippen LogP contribution in [-0.2, 0) is 9.53 Å². The molecule has 1 aliphatic heterocycles. The fourth-order valence-corrected chi connectivity index (χ4v) is 3.30. The third kappa shape index (κ3) is 4.63. The topological polar surface area (TPSA) is 86.9 Å². The summed E-state index contributed by atoms with van der Waals surface area (Å²) in [6.45, 7) is 8.29. The van der Waals surface area contributed by atoms with Gasteiger partial charge in [-0.3, -0.25) is 9.69 Å². The summed E-state index contributed by atoms with van der Waals surface area (Å²) in [6, 6.07) is 5.48. The summed E-state index contributed by atoms with van der Waals surface area (Å²) < 4.78 is 10.7. The molecule has 1 aromatic heterocycles. The maximum atomic E-state index is 12.7. The van der Waals surface area contributed by atoms with Crippen molar-refractivity contribution in [2.24, 2.45) is 0 Å². The number of esters is 1. The van der Waals surface area contributed by atoms with Crippen molar-refractivity contribution in [1.29, 1.82) is 0 Å². The van der Waals surface area contributed by atoms with Crippen molar-refractivity contribution in [3.05, 3.63) is 23.9 Å². The van der Waals surface area contributed by atoms with Crippen LogP contribution < -0.4 is 10.1 Å². The summed E-state index contributed by atoms with van der Waals surface area (Å²) in [7, 11) is 2.07. The van der Waals surface area contributed by atoms with Gasteiger partial charge in [0, 0.05) is 37.1 Å². The van der Waals surface area contributed by atoms with Crippen LogP contribution in [0.2, 0.25) is 0 Å². The quantitative estimate of drug-likeness (QED) is 0.705. The van der Waals surface area contributed by atoms with Crippen LogP contribution in [0.3, 0.4) is 0 Å². The molecule has 28 heavy (non-hydrogen) atoms. The highest BCUT2D eigenvalue weighted by molar-refractivity contribution is 6.11. The number of rotatable bonds is 7. The smallest absolute Gasteiger partial charge is 0.356 e. The summed E-state index contributed by atoms with van der Waals surface area (Å²) in [5, 5.41) is 3.64. The number of ether oxygens (including phenoxy) is 2. The highest BCUT2D eigenvalue weighted by atomic mass is 16.5. The number of hydrogen-bond acceptors (Lipinski definition) is 6. The summed E-state index contributed by atoms with van der Waals surface area (Å²) in [5.41, 5.74) is 1.42. The number of fused-ring (bicyclic) bond motifs is 1. The van der Waals surface area contributed by atoms with Crippen LogP contribution >= 0.6 is 0 Å². The number of hydrogen-bond donors (Lipinski definition) is 2. The number of amides is 1.